The highest BCUT2D eigenvalue weighted by atomic mass is 16.5. The van der Waals surface area contributed by atoms with Gasteiger partial charge in [-0.25, -0.2) is 9.97 Å². The summed E-state index contributed by atoms with van der Waals surface area (Å²) in [6.45, 7) is 0. The Bertz CT molecular complexity index is 1540. The molecule has 172 valence electrons. The van der Waals surface area contributed by atoms with Crippen molar-refractivity contribution in [2.75, 3.05) is 14.2 Å². The van der Waals surface area contributed by atoms with E-state index < -0.39 is 0 Å². The van der Waals surface area contributed by atoms with Gasteiger partial charge in [0.05, 0.1) is 14.2 Å². The van der Waals surface area contributed by atoms with Gasteiger partial charge in [-0.2, -0.15) is 0 Å². The molecule has 0 aliphatic rings. The summed E-state index contributed by atoms with van der Waals surface area (Å²) >= 11 is 0. The molecule has 0 amide bonds. The molecule has 6 rings (SSSR count). The summed E-state index contributed by atoms with van der Waals surface area (Å²) < 4.78 is 22.8. The van der Waals surface area contributed by atoms with E-state index in [-0.39, 0.29) is 0 Å². The third-order valence-electron chi connectivity index (χ3n) is 5.95. The minimum atomic E-state index is 0.573. The van der Waals surface area contributed by atoms with Gasteiger partial charge in [0.25, 0.3) is 0 Å². The number of benzene rings is 4. The molecule has 0 atom stereocenters. The fourth-order valence-corrected chi connectivity index (χ4v) is 4.15. The molecule has 0 N–H and O–H groups in total. The van der Waals surface area contributed by atoms with Crippen LogP contribution in [0.3, 0.4) is 0 Å². The summed E-state index contributed by atoms with van der Waals surface area (Å²) in [5.74, 6) is 2.68. The first-order valence-electron chi connectivity index (χ1n) is 11.3. The Balaban J connectivity index is 1.27. The van der Waals surface area contributed by atoms with E-state index in [1.165, 1.54) is 0 Å². The molecule has 0 aliphatic carbocycles. The van der Waals surface area contributed by atoms with Gasteiger partial charge in [-0.3, -0.25) is 0 Å². The molecule has 2 heterocycles. The van der Waals surface area contributed by atoms with Crippen LogP contribution in [-0.2, 0) is 6.42 Å². The van der Waals surface area contributed by atoms with Gasteiger partial charge in [-0.15, -0.1) is 0 Å². The van der Waals surface area contributed by atoms with E-state index in [4.69, 9.17) is 18.3 Å². The van der Waals surface area contributed by atoms with Crippen LogP contribution in [0.4, 0.5) is 0 Å². The minimum Gasteiger partial charge on any atom is -0.497 e. The van der Waals surface area contributed by atoms with Crippen LogP contribution in [0.15, 0.2) is 93.8 Å². The Labute approximate surface area is 201 Å². The molecule has 6 aromatic rings. The first-order chi connectivity index (χ1) is 17.2. The molecule has 0 fully saturated rings. The van der Waals surface area contributed by atoms with Crippen molar-refractivity contribution in [3.8, 4) is 34.4 Å². The second-order valence-electron chi connectivity index (χ2n) is 8.28. The Morgan fingerprint density at radius 3 is 1.54 bits per heavy atom. The van der Waals surface area contributed by atoms with Crippen molar-refractivity contribution in [1.82, 2.24) is 9.97 Å². The van der Waals surface area contributed by atoms with E-state index in [0.717, 1.165) is 62.4 Å². The Morgan fingerprint density at radius 1 is 0.600 bits per heavy atom. The molecule has 0 unspecified atom stereocenters. The standard InChI is InChI=1S/C29H22N2O4/c1-32-22-7-3-5-20(16-22)28-30-24-11-9-18(14-26(24)34-28)13-19-10-12-25-27(15-19)35-29(31-25)21-6-4-8-23(17-21)33-2/h3-12,14-17H,13H2,1-2H3. The molecule has 0 spiro atoms. The van der Waals surface area contributed by atoms with Crippen molar-refractivity contribution in [3.63, 3.8) is 0 Å². The number of rotatable bonds is 6. The fraction of sp³-hybridized carbons (Fsp3) is 0.103. The molecule has 6 heteroatoms. The smallest absolute Gasteiger partial charge is 0.227 e. The Hall–Kier alpha value is -4.58. The van der Waals surface area contributed by atoms with Gasteiger partial charge in [0.1, 0.15) is 22.5 Å². The number of oxazole rings is 2. The van der Waals surface area contributed by atoms with Gasteiger partial charge in [0.2, 0.25) is 11.8 Å². The minimum absolute atomic E-state index is 0.573. The summed E-state index contributed by atoms with van der Waals surface area (Å²) in [6.07, 6.45) is 0.732. The monoisotopic (exact) mass is 462 g/mol. The van der Waals surface area contributed by atoms with Crippen LogP contribution in [0.1, 0.15) is 11.1 Å². The fourth-order valence-electron chi connectivity index (χ4n) is 4.15. The Morgan fingerprint density at radius 2 is 1.09 bits per heavy atom. The number of fused-ring (bicyclic) bond motifs is 2. The van der Waals surface area contributed by atoms with Crippen LogP contribution in [0.25, 0.3) is 45.1 Å². The SMILES string of the molecule is COc1cccc(-c2nc3ccc(Cc4ccc5nc(-c6cccc(OC)c6)oc5c4)cc3o2)c1. The zero-order valence-corrected chi connectivity index (χ0v) is 19.3. The lowest BCUT2D eigenvalue weighted by atomic mass is 10.0. The molecule has 0 saturated heterocycles. The maximum absolute atomic E-state index is 6.07. The average Bonchev–Trinajstić information content (AvgIpc) is 3.52. The van der Waals surface area contributed by atoms with Crippen molar-refractivity contribution in [2.24, 2.45) is 0 Å². The van der Waals surface area contributed by atoms with Gasteiger partial charge in [0.15, 0.2) is 11.2 Å². The van der Waals surface area contributed by atoms with Crippen LogP contribution >= 0.6 is 0 Å². The number of methoxy groups -OCH3 is 2. The quantitative estimate of drug-likeness (QED) is 0.268. The lowest BCUT2D eigenvalue weighted by Crippen LogP contribution is -1.87. The molecular weight excluding hydrogens is 440 g/mol. The molecule has 4 aromatic carbocycles. The van der Waals surface area contributed by atoms with Crippen LogP contribution < -0.4 is 9.47 Å². The maximum atomic E-state index is 6.07. The number of ether oxygens (including phenoxy) is 2. The lowest BCUT2D eigenvalue weighted by molar-refractivity contribution is 0.414. The third-order valence-corrected chi connectivity index (χ3v) is 5.95. The normalized spacial score (nSPS) is 11.3. The van der Waals surface area contributed by atoms with Crippen molar-refractivity contribution in [3.05, 3.63) is 96.1 Å². The first-order valence-corrected chi connectivity index (χ1v) is 11.3. The zero-order chi connectivity index (χ0) is 23.8. The number of aromatic nitrogens is 2. The van der Waals surface area contributed by atoms with Gasteiger partial charge < -0.3 is 18.3 Å². The Kier molecular flexibility index (Phi) is 5.19. The predicted octanol–water partition coefficient (Wildman–Crippen LogP) is 6.91. The van der Waals surface area contributed by atoms with E-state index in [9.17, 15) is 0 Å². The van der Waals surface area contributed by atoms with Crippen molar-refractivity contribution >= 4 is 22.2 Å². The van der Waals surface area contributed by atoms with Crippen LogP contribution in [0, 0.1) is 0 Å². The maximum Gasteiger partial charge on any atom is 0.227 e. The van der Waals surface area contributed by atoms with Gasteiger partial charge in [-0.05, 0) is 78.2 Å². The molecule has 0 bridgehead atoms. The van der Waals surface area contributed by atoms with E-state index in [1.54, 1.807) is 14.2 Å². The highest BCUT2D eigenvalue weighted by molar-refractivity contribution is 5.79. The van der Waals surface area contributed by atoms with Crippen LogP contribution in [-0.4, -0.2) is 24.2 Å². The summed E-state index contributed by atoms with van der Waals surface area (Å²) in [7, 11) is 3.29. The largest absolute Gasteiger partial charge is 0.497 e. The van der Waals surface area contributed by atoms with E-state index in [1.807, 2.05) is 72.8 Å². The van der Waals surface area contributed by atoms with Gasteiger partial charge in [0, 0.05) is 11.1 Å². The zero-order valence-electron chi connectivity index (χ0n) is 19.3. The van der Waals surface area contributed by atoms with Crippen LogP contribution in [0.2, 0.25) is 0 Å². The number of hydrogen-bond acceptors (Lipinski definition) is 6. The number of nitrogens with zero attached hydrogens (tertiary/aromatic N) is 2. The summed E-state index contributed by atoms with van der Waals surface area (Å²) in [5.41, 5.74) is 7.15. The van der Waals surface area contributed by atoms with E-state index >= 15 is 0 Å². The predicted molar refractivity (Wildman–Crippen MR) is 135 cm³/mol. The number of hydrogen-bond donors (Lipinski definition) is 0. The molecule has 35 heavy (non-hydrogen) atoms. The molecule has 0 radical (unpaired) electrons. The molecular formula is C29H22N2O4. The lowest BCUT2D eigenvalue weighted by Gasteiger charge is -2.01. The van der Waals surface area contributed by atoms with Gasteiger partial charge in [-0.1, -0.05) is 24.3 Å². The summed E-state index contributed by atoms with van der Waals surface area (Å²) in [4.78, 5) is 9.27. The molecule has 6 nitrogen and oxygen atoms in total. The average molecular weight is 463 g/mol. The highest BCUT2D eigenvalue weighted by Crippen LogP contribution is 2.30. The van der Waals surface area contributed by atoms with Crippen molar-refractivity contribution in [2.45, 2.75) is 6.42 Å². The van der Waals surface area contributed by atoms with E-state index in [2.05, 4.69) is 22.1 Å². The van der Waals surface area contributed by atoms with E-state index in [0.29, 0.717) is 11.8 Å². The topological polar surface area (TPSA) is 70.5 Å². The molecule has 2 aromatic heterocycles. The van der Waals surface area contributed by atoms with Crippen molar-refractivity contribution in [1.29, 1.82) is 0 Å². The molecule has 0 aliphatic heterocycles. The highest BCUT2D eigenvalue weighted by Gasteiger charge is 2.12. The second-order valence-corrected chi connectivity index (χ2v) is 8.28. The third kappa shape index (κ3) is 4.10. The second kappa shape index (κ2) is 8.65. The van der Waals surface area contributed by atoms with Crippen LogP contribution in [0.5, 0.6) is 11.5 Å². The molecule has 0 saturated carbocycles. The van der Waals surface area contributed by atoms with Gasteiger partial charge >= 0.3 is 0 Å². The van der Waals surface area contributed by atoms with Crippen molar-refractivity contribution < 1.29 is 18.3 Å². The first kappa shape index (κ1) is 21.0. The summed E-state index contributed by atoms with van der Waals surface area (Å²) in [6, 6.07) is 27.6. The summed E-state index contributed by atoms with van der Waals surface area (Å²) in [5, 5.41) is 0.